The number of amides is 1. The lowest BCUT2D eigenvalue weighted by atomic mass is 9.89. The summed E-state index contributed by atoms with van der Waals surface area (Å²) in [5.41, 5.74) is 5.34. The number of rotatable bonds is 2. The summed E-state index contributed by atoms with van der Waals surface area (Å²) in [5.74, 6) is 0.338. The summed E-state index contributed by atoms with van der Waals surface area (Å²) in [7, 11) is 0. The van der Waals surface area contributed by atoms with Crippen LogP contribution >= 0.6 is 0 Å². The van der Waals surface area contributed by atoms with Gasteiger partial charge in [0, 0.05) is 5.69 Å². The van der Waals surface area contributed by atoms with Crippen LogP contribution in [0.1, 0.15) is 37.1 Å². The summed E-state index contributed by atoms with van der Waals surface area (Å²) in [6.07, 6.45) is 0.0759. The predicted octanol–water partition coefficient (Wildman–Crippen LogP) is 3.91. The van der Waals surface area contributed by atoms with Gasteiger partial charge in [0.2, 0.25) is 5.91 Å². The molecule has 4 heteroatoms. The van der Waals surface area contributed by atoms with Crippen molar-refractivity contribution in [2.45, 2.75) is 25.9 Å². The van der Waals surface area contributed by atoms with Crippen LogP contribution in [0.15, 0.2) is 42.5 Å². The Bertz CT molecular complexity index is 739. The van der Waals surface area contributed by atoms with E-state index in [0.717, 1.165) is 22.6 Å². The summed E-state index contributed by atoms with van der Waals surface area (Å²) >= 11 is 0. The molecule has 2 atom stereocenters. The van der Waals surface area contributed by atoms with Crippen LogP contribution in [0.3, 0.4) is 0 Å². The first kappa shape index (κ1) is 13.2. The van der Waals surface area contributed by atoms with E-state index in [1.165, 1.54) is 5.56 Å². The van der Waals surface area contributed by atoms with Gasteiger partial charge in [-0.05, 0) is 29.2 Å². The largest absolute Gasteiger partial charge is 0.360 e. The Morgan fingerprint density at radius 1 is 0.955 bits per heavy atom. The Balaban J connectivity index is 1.69. The molecule has 0 saturated carbocycles. The minimum atomic E-state index is -0.0575. The number of anilines is 3. The van der Waals surface area contributed by atoms with Gasteiger partial charge in [0.15, 0.2) is 0 Å². The molecule has 0 radical (unpaired) electrons. The van der Waals surface area contributed by atoms with Gasteiger partial charge in [-0.1, -0.05) is 44.2 Å². The number of carbonyl (C=O) groups excluding carboxylic acids is 1. The fourth-order valence-corrected chi connectivity index (χ4v) is 3.39. The van der Waals surface area contributed by atoms with Crippen LogP contribution in [-0.4, -0.2) is 5.91 Å². The molecule has 2 heterocycles. The quantitative estimate of drug-likeness (QED) is 0.786. The minimum absolute atomic E-state index is 0.0575. The second-order valence-electron chi connectivity index (χ2n) is 6.33. The molecule has 1 amide bonds. The number of fused-ring (bicyclic) bond motifs is 2. The van der Waals surface area contributed by atoms with E-state index in [4.69, 9.17) is 0 Å². The van der Waals surface area contributed by atoms with Gasteiger partial charge in [0.25, 0.3) is 0 Å². The van der Waals surface area contributed by atoms with Crippen molar-refractivity contribution in [3.05, 3.63) is 53.6 Å². The molecule has 0 spiro atoms. The lowest BCUT2D eigenvalue weighted by Gasteiger charge is -2.13. The molecule has 0 bridgehead atoms. The maximum atomic E-state index is 12.1. The average molecular weight is 293 g/mol. The Morgan fingerprint density at radius 3 is 2.32 bits per heavy atom. The molecular formula is C18H19N3O. The van der Waals surface area contributed by atoms with Crippen molar-refractivity contribution < 1.29 is 4.79 Å². The van der Waals surface area contributed by atoms with E-state index in [1.807, 2.05) is 24.3 Å². The SMILES string of the molecule is CC(C)C1C(=O)Nc2cc3c(cc21)NC(c1ccccc1)N3. The molecule has 0 aliphatic carbocycles. The zero-order chi connectivity index (χ0) is 15.3. The third-order valence-corrected chi connectivity index (χ3v) is 4.46. The van der Waals surface area contributed by atoms with Crippen LogP contribution in [0.5, 0.6) is 0 Å². The lowest BCUT2D eigenvalue weighted by Crippen LogP contribution is -2.16. The van der Waals surface area contributed by atoms with Gasteiger partial charge in [-0.25, -0.2) is 0 Å². The molecule has 4 nitrogen and oxygen atoms in total. The fraction of sp³-hybridized carbons (Fsp3) is 0.278. The van der Waals surface area contributed by atoms with E-state index in [1.54, 1.807) is 0 Å². The minimum Gasteiger partial charge on any atom is -0.360 e. The van der Waals surface area contributed by atoms with Gasteiger partial charge in [-0.15, -0.1) is 0 Å². The van der Waals surface area contributed by atoms with Crippen molar-refractivity contribution in [3.63, 3.8) is 0 Å². The topological polar surface area (TPSA) is 53.2 Å². The van der Waals surface area contributed by atoms with Crippen molar-refractivity contribution in [2.75, 3.05) is 16.0 Å². The Labute approximate surface area is 129 Å². The van der Waals surface area contributed by atoms with Crippen LogP contribution in [0.25, 0.3) is 0 Å². The van der Waals surface area contributed by atoms with Crippen LogP contribution in [0.4, 0.5) is 17.1 Å². The molecule has 4 rings (SSSR count). The highest BCUT2D eigenvalue weighted by molar-refractivity contribution is 6.05. The smallest absolute Gasteiger partial charge is 0.232 e. The number of hydrogen-bond donors (Lipinski definition) is 3. The van der Waals surface area contributed by atoms with E-state index in [-0.39, 0.29) is 18.0 Å². The van der Waals surface area contributed by atoms with Crippen LogP contribution in [0.2, 0.25) is 0 Å². The van der Waals surface area contributed by atoms with E-state index in [0.29, 0.717) is 5.92 Å². The highest BCUT2D eigenvalue weighted by Crippen LogP contribution is 2.45. The van der Waals surface area contributed by atoms with Crippen molar-refractivity contribution in [1.82, 2.24) is 0 Å². The molecule has 2 aromatic carbocycles. The van der Waals surface area contributed by atoms with Crippen molar-refractivity contribution in [3.8, 4) is 0 Å². The Hall–Kier alpha value is -2.49. The third kappa shape index (κ3) is 1.95. The number of benzene rings is 2. The molecule has 0 fully saturated rings. The predicted molar refractivity (Wildman–Crippen MR) is 89.1 cm³/mol. The normalized spacial score (nSPS) is 21.9. The summed E-state index contributed by atoms with van der Waals surface area (Å²) in [6, 6.07) is 14.5. The molecular weight excluding hydrogens is 274 g/mol. The maximum Gasteiger partial charge on any atom is 0.232 e. The highest BCUT2D eigenvalue weighted by Gasteiger charge is 2.35. The number of hydrogen-bond acceptors (Lipinski definition) is 3. The van der Waals surface area contributed by atoms with E-state index < -0.39 is 0 Å². The zero-order valence-electron chi connectivity index (χ0n) is 12.7. The maximum absolute atomic E-state index is 12.1. The lowest BCUT2D eigenvalue weighted by molar-refractivity contribution is -0.117. The van der Waals surface area contributed by atoms with Gasteiger partial charge < -0.3 is 16.0 Å². The zero-order valence-corrected chi connectivity index (χ0v) is 12.7. The average Bonchev–Trinajstić information content (AvgIpc) is 3.04. The van der Waals surface area contributed by atoms with Crippen LogP contribution in [-0.2, 0) is 4.79 Å². The summed E-state index contributed by atoms with van der Waals surface area (Å²) in [4.78, 5) is 12.1. The molecule has 2 aliphatic heterocycles. The van der Waals surface area contributed by atoms with Crippen molar-refractivity contribution in [1.29, 1.82) is 0 Å². The first-order valence-electron chi connectivity index (χ1n) is 7.70. The van der Waals surface area contributed by atoms with E-state index >= 15 is 0 Å². The van der Waals surface area contributed by atoms with Gasteiger partial charge >= 0.3 is 0 Å². The molecule has 2 aliphatic rings. The molecule has 112 valence electrons. The molecule has 2 unspecified atom stereocenters. The second kappa shape index (κ2) is 4.77. The monoisotopic (exact) mass is 293 g/mol. The summed E-state index contributed by atoms with van der Waals surface area (Å²) in [5, 5.41) is 9.99. The van der Waals surface area contributed by atoms with Crippen LogP contribution < -0.4 is 16.0 Å². The fourth-order valence-electron chi connectivity index (χ4n) is 3.39. The number of carbonyl (C=O) groups is 1. The first-order valence-corrected chi connectivity index (χ1v) is 7.70. The summed E-state index contributed by atoms with van der Waals surface area (Å²) in [6.45, 7) is 4.18. The Morgan fingerprint density at radius 2 is 1.64 bits per heavy atom. The first-order chi connectivity index (χ1) is 10.6. The van der Waals surface area contributed by atoms with Crippen molar-refractivity contribution >= 4 is 23.0 Å². The van der Waals surface area contributed by atoms with Gasteiger partial charge in [0.05, 0.1) is 17.3 Å². The molecule has 3 N–H and O–H groups in total. The van der Waals surface area contributed by atoms with Crippen molar-refractivity contribution in [2.24, 2.45) is 5.92 Å². The van der Waals surface area contributed by atoms with Gasteiger partial charge in [0.1, 0.15) is 6.17 Å². The standard InChI is InChI=1S/C18H19N3O/c1-10(2)16-12-8-14-15(9-13(12)21-18(16)22)20-17(19-14)11-6-4-3-5-7-11/h3-10,16-17,19-20H,1-2H3,(H,21,22). The van der Waals surface area contributed by atoms with Crippen LogP contribution in [0, 0.1) is 5.92 Å². The summed E-state index contributed by atoms with van der Waals surface area (Å²) < 4.78 is 0. The van der Waals surface area contributed by atoms with Gasteiger partial charge in [-0.3, -0.25) is 4.79 Å². The highest BCUT2D eigenvalue weighted by atomic mass is 16.2. The molecule has 2 aromatic rings. The van der Waals surface area contributed by atoms with E-state index in [9.17, 15) is 4.79 Å². The van der Waals surface area contributed by atoms with Gasteiger partial charge in [-0.2, -0.15) is 0 Å². The molecule has 0 saturated heterocycles. The second-order valence-corrected chi connectivity index (χ2v) is 6.33. The molecule has 22 heavy (non-hydrogen) atoms. The van der Waals surface area contributed by atoms with E-state index in [2.05, 4.69) is 48.0 Å². The molecule has 0 aromatic heterocycles. The number of nitrogens with one attached hydrogen (secondary N) is 3. The third-order valence-electron chi connectivity index (χ3n) is 4.46. The Kier molecular flexibility index (Phi) is 2.86.